The Morgan fingerprint density at radius 3 is 2.45 bits per heavy atom. The largest absolute Gasteiger partial charge is 0.409 e. The van der Waals surface area contributed by atoms with Gasteiger partial charge in [-0.15, -0.1) is 0 Å². The van der Waals surface area contributed by atoms with Crippen molar-refractivity contribution in [3.63, 3.8) is 0 Å². The van der Waals surface area contributed by atoms with Crippen LogP contribution < -0.4 is 16.6 Å². The van der Waals surface area contributed by atoms with Crippen molar-refractivity contribution in [3.8, 4) is 0 Å². The van der Waals surface area contributed by atoms with E-state index in [-0.39, 0.29) is 10.9 Å². The van der Waals surface area contributed by atoms with Gasteiger partial charge in [-0.1, -0.05) is 5.16 Å². The molecule has 2 rings (SSSR count). The summed E-state index contributed by atoms with van der Waals surface area (Å²) in [6.45, 7) is 3.13. The fourth-order valence-corrected chi connectivity index (χ4v) is 1.93. The van der Waals surface area contributed by atoms with E-state index in [4.69, 9.17) is 5.21 Å². The van der Waals surface area contributed by atoms with E-state index in [0.29, 0.717) is 11.1 Å². The van der Waals surface area contributed by atoms with Gasteiger partial charge in [-0.25, -0.2) is 0 Å². The number of nitro groups is 1. The van der Waals surface area contributed by atoms with Crippen LogP contribution in [0.2, 0.25) is 0 Å². The smallest absolute Gasteiger partial charge is 0.295 e. The van der Waals surface area contributed by atoms with Crippen LogP contribution in [0.1, 0.15) is 11.1 Å². The summed E-state index contributed by atoms with van der Waals surface area (Å²) in [5, 5.41) is 22.2. The minimum Gasteiger partial charge on any atom is -0.409 e. The highest BCUT2D eigenvalue weighted by atomic mass is 16.6. The van der Waals surface area contributed by atoms with Gasteiger partial charge < -0.3 is 10.2 Å². The Hall–Kier alpha value is -2.97. The van der Waals surface area contributed by atoms with Crippen LogP contribution in [0.3, 0.4) is 0 Å². The molecule has 0 unspecified atom stereocenters. The minimum absolute atomic E-state index is 0.000880. The number of aryl methyl sites for hydroxylation is 1. The number of aromatic amines is 2. The van der Waals surface area contributed by atoms with E-state index < -0.39 is 27.2 Å². The molecule has 2 aromatic rings. The van der Waals surface area contributed by atoms with Gasteiger partial charge in [0.1, 0.15) is 5.39 Å². The molecule has 1 aromatic carbocycles. The molecule has 0 fully saturated rings. The van der Waals surface area contributed by atoms with E-state index in [9.17, 15) is 19.7 Å². The molecule has 0 atom stereocenters. The van der Waals surface area contributed by atoms with E-state index in [1.54, 1.807) is 6.92 Å². The Kier molecular flexibility index (Phi) is 3.10. The number of hydrogen-bond acceptors (Lipinski definition) is 6. The number of hydrogen-bond donors (Lipinski definition) is 3. The van der Waals surface area contributed by atoms with Gasteiger partial charge in [0.05, 0.1) is 10.4 Å². The van der Waals surface area contributed by atoms with Crippen molar-refractivity contribution in [1.29, 1.82) is 0 Å². The Bertz CT molecular complexity index is 909. The summed E-state index contributed by atoms with van der Waals surface area (Å²) in [5.41, 5.74) is -1.90. The third-order valence-electron chi connectivity index (χ3n) is 3.02. The lowest BCUT2D eigenvalue weighted by Gasteiger charge is -2.03. The zero-order valence-corrected chi connectivity index (χ0v) is 10.6. The molecule has 0 bridgehead atoms. The average Bonchev–Trinajstić information content (AvgIpc) is 2.48. The maximum Gasteiger partial charge on any atom is 0.295 e. The molecule has 9 nitrogen and oxygen atoms in total. The number of benzene rings is 1. The Labute approximate surface area is 110 Å². The molecular weight excluding hydrogens is 268 g/mol. The Morgan fingerprint density at radius 1 is 1.25 bits per heavy atom. The SMILES string of the molecule is Cc1cc2[nH]c(=O)c(=NO)[nH]c(=O)c2c([N+](=O)[O-])c1C. The number of nitro benzene ring substituents is 1. The Balaban J connectivity index is 3.28. The number of aromatic nitrogens is 2. The molecule has 0 radical (unpaired) electrons. The van der Waals surface area contributed by atoms with E-state index in [0.717, 1.165) is 0 Å². The fourth-order valence-electron chi connectivity index (χ4n) is 1.93. The molecule has 9 heteroatoms. The van der Waals surface area contributed by atoms with Crippen LogP contribution >= 0.6 is 0 Å². The first-order chi connectivity index (χ1) is 9.36. The van der Waals surface area contributed by atoms with E-state index in [1.165, 1.54) is 13.0 Å². The molecule has 3 N–H and O–H groups in total. The summed E-state index contributed by atoms with van der Waals surface area (Å²) < 4.78 is 0. The number of nitrogens with one attached hydrogen (secondary N) is 2. The highest BCUT2D eigenvalue weighted by Crippen LogP contribution is 2.27. The van der Waals surface area contributed by atoms with Gasteiger partial charge in [-0.3, -0.25) is 24.7 Å². The van der Waals surface area contributed by atoms with Crippen LogP contribution in [0.15, 0.2) is 20.8 Å². The molecule has 1 heterocycles. The van der Waals surface area contributed by atoms with Crippen LogP contribution in [0, 0.1) is 24.0 Å². The summed E-state index contributed by atoms with van der Waals surface area (Å²) in [5.74, 6) is 0. The van der Waals surface area contributed by atoms with Crippen LogP contribution in [0.5, 0.6) is 0 Å². The van der Waals surface area contributed by atoms with Gasteiger partial charge in [0.2, 0.25) is 5.49 Å². The molecule has 0 saturated heterocycles. The predicted octanol–water partition coefficient (Wildman–Crippen LogP) is 0.0313. The number of rotatable bonds is 1. The maximum absolute atomic E-state index is 12.0. The zero-order valence-electron chi connectivity index (χ0n) is 10.6. The second-order valence-electron chi connectivity index (χ2n) is 4.20. The van der Waals surface area contributed by atoms with Crippen molar-refractivity contribution >= 4 is 16.6 Å². The highest BCUT2D eigenvalue weighted by molar-refractivity contribution is 5.89. The predicted molar refractivity (Wildman–Crippen MR) is 68.7 cm³/mol. The van der Waals surface area contributed by atoms with Crippen molar-refractivity contribution in [2.24, 2.45) is 5.16 Å². The third-order valence-corrected chi connectivity index (χ3v) is 3.02. The van der Waals surface area contributed by atoms with Gasteiger partial charge in [0.25, 0.3) is 16.8 Å². The van der Waals surface area contributed by atoms with Gasteiger partial charge in [-0.05, 0) is 25.5 Å². The normalized spacial score (nSPS) is 11.8. The third kappa shape index (κ3) is 1.94. The Morgan fingerprint density at radius 2 is 1.90 bits per heavy atom. The van der Waals surface area contributed by atoms with Crippen LogP contribution in [0.4, 0.5) is 5.69 Å². The lowest BCUT2D eigenvalue weighted by Crippen LogP contribution is -2.30. The molecule has 20 heavy (non-hydrogen) atoms. The first kappa shape index (κ1) is 13.5. The highest BCUT2D eigenvalue weighted by Gasteiger charge is 2.21. The summed E-state index contributed by atoms with van der Waals surface area (Å²) in [6, 6.07) is 1.45. The second-order valence-corrected chi connectivity index (χ2v) is 4.20. The molecule has 1 aromatic heterocycles. The number of fused-ring (bicyclic) bond motifs is 1. The maximum atomic E-state index is 12.0. The van der Waals surface area contributed by atoms with Crippen LogP contribution in [0.25, 0.3) is 10.9 Å². The summed E-state index contributed by atoms with van der Waals surface area (Å²) in [6.07, 6.45) is 0. The lowest BCUT2D eigenvalue weighted by molar-refractivity contribution is -0.383. The van der Waals surface area contributed by atoms with Crippen molar-refractivity contribution in [1.82, 2.24) is 9.97 Å². The van der Waals surface area contributed by atoms with E-state index >= 15 is 0 Å². The van der Waals surface area contributed by atoms with Crippen LogP contribution in [-0.2, 0) is 0 Å². The van der Waals surface area contributed by atoms with Gasteiger partial charge >= 0.3 is 0 Å². The monoisotopic (exact) mass is 278 g/mol. The average molecular weight is 278 g/mol. The first-order valence-corrected chi connectivity index (χ1v) is 5.50. The fraction of sp³-hybridized carbons (Fsp3) is 0.182. The molecule has 0 aliphatic heterocycles. The summed E-state index contributed by atoms with van der Waals surface area (Å²) in [7, 11) is 0. The standard InChI is InChI=1S/C11H10N4O5/c1-4-3-6-7(8(5(4)2)15(19)20)10(16)13-9(14-18)11(17)12-6/h3,18H,1-2H3,(H2,12,13,14,16,17). The minimum atomic E-state index is -0.888. The van der Waals surface area contributed by atoms with Crippen molar-refractivity contribution in [2.45, 2.75) is 13.8 Å². The first-order valence-electron chi connectivity index (χ1n) is 5.50. The molecule has 0 aliphatic carbocycles. The summed E-state index contributed by atoms with van der Waals surface area (Å²) >= 11 is 0. The summed E-state index contributed by atoms with van der Waals surface area (Å²) in [4.78, 5) is 38.5. The number of H-pyrrole nitrogens is 2. The lowest BCUT2D eigenvalue weighted by atomic mass is 10.0. The van der Waals surface area contributed by atoms with E-state index in [2.05, 4.69) is 10.1 Å². The van der Waals surface area contributed by atoms with Crippen molar-refractivity contribution in [3.05, 3.63) is 53.5 Å². The molecule has 104 valence electrons. The molecule has 0 aliphatic rings. The molecule has 0 amide bonds. The second kappa shape index (κ2) is 4.61. The molecular formula is C11H10N4O5. The van der Waals surface area contributed by atoms with Gasteiger partial charge in [0, 0.05) is 5.56 Å². The van der Waals surface area contributed by atoms with E-state index in [1.807, 2.05) is 4.98 Å². The number of nitrogens with zero attached hydrogens (tertiary/aromatic N) is 2. The van der Waals surface area contributed by atoms with Crippen LogP contribution in [-0.4, -0.2) is 20.1 Å². The van der Waals surface area contributed by atoms with Crippen molar-refractivity contribution in [2.75, 3.05) is 0 Å². The van der Waals surface area contributed by atoms with Gasteiger partial charge in [-0.2, -0.15) is 0 Å². The van der Waals surface area contributed by atoms with Crippen molar-refractivity contribution < 1.29 is 10.1 Å². The topological polar surface area (TPSA) is 141 Å². The quantitative estimate of drug-likeness (QED) is 0.383. The molecule has 0 spiro atoms. The zero-order chi connectivity index (χ0) is 15.0. The van der Waals surface area contributed by atoms with Gasteiger partial charge in [0.15, 0.2) is 0 Å². The molecule has 0 saturated carbocycles.